The number of nitrogens with one attached hydrogen (secondary N) is 1. The number of alkyl halides is 1. The van der Waals surface area contributed by atoms with Crippen molar-refractivity contribution in [1.29, 1.82) is 0 Å². The van der Waals surface area contributed by atoms with Crippen LogP contribution < -0.4 is 14.8 Å². The average Bonchev–Trinajstić information content (AvgIpc) is 2.46. The normalized spacial score (nSPS) is 10.1. The number of benzene rings is 1. The Labute approximate surface area is 119 Å². The monoisotopic (exact) mass is 285 g/mol. The van der Waals surface area contributed by atoms with E-state index in [1.54, 1.807) is 25.3 Å². The summed E-state index contributed by atoms with van der Waals surface area (Å²) in [5.74, 6) is 1.71. The minimum absolute atomic E-state index is 0.134. The lowest BCUT2D eigenvalue weighted by molar-refractivity contribution is 0.0950. The smallest absolute Gasteiger partial charge is 0.255 e. The highest BCUT2D eigenvalue weighted by molar-refractivity contribution is 6.17. The Hall–Kier alpha value is -1.42. The van der Waals surface area contributed by atoms with Gasteiger partial charge in [0.25, 0.3) is 5.91 Å². The van der Waals surface area contributed by atoms with Crippen molar-refractivity contribution in [2.24, 2.45) is 0 Å². The molecule has 0 unspecified atom stereocenters. The van der Waals surface area contributed by atoms with E-state index in [1.807, 2.05) is 0 Å². The van der Waals surface area contributed by atoms with Gasteiger partial charge in [-0.05, 0) is 25.0 Å². The minimum Gasteiger partial charge on any atom is -0.497 e. The average molecular weight is 286 g/mol. The third kappa shape index (κ3) is 4.99. The van der Waals surface area contributed by atoms with Crippen LogP contribution in [0.2, 0.25) is 0 Å². The zero-order valence-corrected chi connectivity index (χ0v) is 12.1. The Kier molecular flexibility index (Phi) is 7.11. The molecule has 0 aliphatic rings. The number of carbonyl (C=O) groups is 1. The van der Waals surface area contributed by atoms with Gasteiger partial charge in [0.1, 0.15) is 11.5 Å². The maximum Gasteiger partial charge on any atom is 0.255 e. The van der Waals surface area contributed by atoms with Crippen LogP contribution in [0.5, 0.6) is 11.5 Å². The van der Waals surface area contributed by atoms with Crippen LogP contribution in [-0.2, 0) is 0 Å². The fraction of sp³-hybridized carbons (Fsp3) is 0.500. The van der Waals surface area contributed by atoms with E-state index in [1.165, 1.54) is 7.11 Å². The molecule has 1 amide bonds. The highest BCUT2D eigenvalue weighted by Gasteiger charge is 2.12. The third-order valence-corrected chi connectivity index (χ3v) is 3.02. The molecule has 0 bridgehead atoms. The van der Waals surface area contributed by atoms with E-state index >= 15 is 0 Å². The number of ether oxygens (including phenoxy) is 2. The Bertz CT molecular complexity index is 410. The van der Waals surface area contributed by atoms with Crippen LogP contribution in [0.25, 0.3) is 0 Å². The van der Waals surface area contributed by atoms with Crippen molar-refractivity contribution in [2.75, 3.05) is 26.6 Å². The number of amides is 1. The quantitative estimate of drug-likeness (QED) is 0.590. The molecule has 106 valence electrons. The molecule has 4 nitrogen and oxygen atoms in total. The second kappa shape index (κ2) is 8.64. The SMILES string of the molecule is COc1ccc(C(=O)NCCCCCCl)c(OC)c1. The highest BCUT2D eigenvalue weighted by atomic mass is 35.5. The molecular formula is C14H20ClNO3. The molecule has 0 aliphatic heterocycles. The van der Waals surface area contributed by atoms with Crippen molar-refractivity contribution in [3.63, 3.8) is 0 Å². The predicted molar refractivity (Wildman–Crippen MR) is 76.5 cm³/mol. The highest BCUT2D eigenvalue weighted by Crippen LogP contribution is 2.24. The Morgan fingerprint density at radius 3 is 2.63 bits per heavy atom. The third-order valence-electron chi connectivity index (χ3n) is 2.75. The van der Waals surface area contributed by atoms with Crippen LogP contribution >= 0.6 is 11.6 Å². The summed E-state index contributed by atoms with van der Waals surface area (Å²) in [7, 11) is 3.11. The van der Waals surface area contributed by atoms with Crippen molar-refractivity contribution in [3.05, 3.63) is 23.8 Å². The number of rotatable bonds is 8. The Balaban J connectivity index is 2.56. The Morgan fingerprint density at radius 2 is 2.00 bits per heavy atom. The van der Waals surface area contributed by atoms with E-state index in [9.17, 15) is 4.79 Å². The molecule has 0 radical (unpaired) electrons. The lowest BCUT2D eigenvalue weighted by Crippen LogP contribution is -2.24. The number of carbonyl (C=O) groups excluding carboxylic acids is 1. The zero-order valence-electron chi connectivity index (χ0n) is 11.4. The van der Waals surface area contributed by atoms with E-state index in [-0.39, 0.29) is 5.91 Å². The largest absolute Gasteiger partial charge is 0.497 e. The van der Waals surface area contributed by atoms with Gasteiger partial charge < -0.3 is 14.8 Å². The Morgan fingerprint density at radius 1 is 1.21 bits per heavy atom. The lowest BCUT2D eigenvalue weighted by atomic mass is 10.1. The topological polar surface area (TPSA) is 47.6 Å². The predicted octanol–water partition coefficient (Wildman–Crippen LogP) is 2.84. The summed E-state index contributed by atoms with van der Waals surface area (Å²) in [5, 5.41) is 2.87. The first-order valence-electron chi connectivity index (χ1n) is 6.29. The van der Waals surface area contributed by atoms with Gasteiger partial charge in [-0.25, -0.2) is 0 Å². The van der Waals surface area contributed by atoms with Gasteiger partial charge in [-0.3, -0.25) is 4.79 Å². The van der Waals surface area contributed by atoms with Crippen LogP contribution in [0.3, 0.4) is 0 Å². The molecule has 1 N–H and O–H groups in total. The summed E-state index contributed by atoms with van der Waals surface area (Å²) >= 11 is 5.59. The standard InChI is InChI=1S/C14H20ClNO3/c1-18-11-6-7-12(13(10-11)19-2)14(17)16-9-5-3-4-8-15/h6-7,10H,3-5,8-9H2,1-2H3,(H,16,17). The summed E-state index contributed by atoms with van der Waals surface area (Å²) in [4.78, 5) is 12.0. The first-order valence-corrected chi connectivity index (χ1v) is 6.82. The van der Waals surface area contributed by atoms with Gasteiger partial charge >= 0.3 is 0 Å². The maximum absolute atomic E-state index is 12.0. The number of methoxy groups -OCH3 is 2. The molecular weight excluding hydrogens is 266 g/mol. The van der Waals surface area contributed by atoms with Crippen LogP contribution in [0.1, 0.15) is 29.6 Å². The molecule has 0 fully saturated rings. The summed E-state index contributed by atoms with van der Waals surface area (Å²) in [6, 6.07) is 5.14. The first kappa shape index (κ1) is 15.6. The number of hydrogen-bond acceptors (Lipinski definition) is 3. The number of unbranched alkanes of at least 4 members (excludes halogenated alkanes) is 2. The molecule has 1 rings (SSSR count). The van der Waals surface area contributed by atoms with Gasteiger partial charge in [0.2, 0.25) is 0 Å². The molecule has 0 saturated heterocycles. The van der Waals surface area contributed by atoms with Gasteiger partial charge in [0.15, 0.2) is 0 Å². The zero-order chi connectivity index (χ0) is 14.1. The summed E-state index contributed by atoms with van der Waals surface area (Å²) in [5.41, 5.74) is 0.514. The molecule has 0 atom stereocenters. The molecule has 1 aromatic carbocycles. The number of halogens is 1. The van der Waals surface area contributed by atoms with Gasteiger partial charge in [-0.15, -0.1) is 11.6 Å². The molecule has 0 heterocycles. The minimum atomic E-state index is -0.134. The van der Waals surface area contributed by atoms with Crippen LogP contribution in [-0.4, -0.2) is 32.6 Å². The van der Waals surface area contributed by atoms with Crippen molar-refractivity contribution in [2.45, 2.75) is 19.3 Å². The van der Waals surface area contributed by atoms with Gasteiger partial charge in [-0.1, -0.05) is 6.42 Å². The van der Waals surface area contributed by atoms with Crippen molar-refractivity contribution in [1.82, 2.24) is 5.32 Å². The van der Waals surface area contributed by atoms with E-state index in [0.29, 0.717) is 29.5 Å². The van der Waals surface area contributed by atoms with E-state index < -0.39 is 0 Å². The summed E-state index contributed by atoms with van der Waals surface area (Å²) in [6.45, 7) is 0.644. The first-order chi connectivity index (χ1) is 9.22. The lowest BCUT2D eigenvalue weighted by Gasteiger charge is -2.10. The van der Waals surface area contributed by atoms with Crippen molar-refractivity contribution >= 4 is 17.5 Å². The molecule has 0 saturated carbocycles. The van der Waals surface area contributed by atoms with E-state index in [0.717, 1.165) is 19.3 Å². The second-order valence-corrected chi connectivity index (χ2v) is 4.45. The van der Waals surface area contributed by atoms with Crippen LogP contribution in [0, 0.1) is 0 Å². The van der Waals surface area contributed by atoms with Crippen molar-refractivity contribution < 1.29 is 14.3 Å². The fourth-order valence-electron chi connectivity index (χ4n) is 1.68. The van der Waals surface area contributed by atoms with Gasteiger partial charge in [0, 0.05) is 18.5 Å². The van der Waals surface area contributed by atoms with Gasteiger partial charge in [0.05, 0.1) is 19.8 Å². The fourth-order valence-corrected chi connectivity index (χ4v) is 1.87. The van der Waals surface area contributed by atoms with Crippen LogP contribution in [0.15, 0.2) is 18.2 Å². The maximum atomic E-state index is 12.0. The van der Waals surface area contributed by atoms with Gasteiger partial charge in [-0.2, -0.15) is 0 Å². The molecule has 5 heteroatoms. The summed E-state index contributed by atoms with van der Waals surface area (Å²) < 4.78 is 10.3. The van der Waals surface area contributed by atoms with Crippen LogP contribution in [0.4, 0.5) is 0 Å². The molecule has 0 aromatic heterocycles. The molecule has 1 aromatic rings. The molecule has 19 heavy (non-hydrogen) atoms. The van der Waals surface area contributed by atoms with E-state index in [4.69, 9.17) is 21.1 Å². The number of hydrogen-bond donors (Lipinski definition) is 1. The molecule has 0 spiro atoms. The second-order valence-electron chi connectivity index (χ2n) is 4.07. The van der Waals surface area contributed by atoms with E-state index in [2.05, 4.69) is 5.32 Å². The summed E-state index contributed by atoms with van der Waals surface area (Å²) in [6.07, 6.45) is 2.92. The van der Waals surface area contributed by atoms with Crippen molar-refractivity contribution in [3.8, 4) is 11.5 Å². The molecule has 0 aliphatic carbocycles.